The first kappa shape index (κ1) is 11.3. The monoisotopic (exact) mass is 256 g/mol. The molecule has 1 saturated carbocycles. The van der Waals surface area contributed by atoms with E-state index in [-0.39, 0.29) is 12.0 Å². The largest absolute Gasteiger partial charge is 0.492 e. The van der Waals surface area contributed by atoms with Gasteiger partial charge in [-0.2, -0.15) is 0 Å². The molecular weight excluding hydrogens is 238 g/mol. The highest BCUT2D eigenvalue weighted by molar-refractivity contribution is 5.84. The van der Waals surface area contributed by atoms with Gasteiger partial charge in [-0.15, -0.1) is 5.10 Å². The minimum absolute atomic E-state index is 0.121. The van der Waals surface area contributed by atoms with Crippen molar-refractivity contribution >= 4 is 10.9 Å². The minimum Gasteiger partial charge on any atom is -0.492 e. The summed E-state index contributed by atoms with van der Waals surface area (Å²) in [5, 5.41) is 19.9. The van der Waals surface area contributed by atoms with Crippen LogP contribution in [-0.4, -0.2) is 21.4 Å². The standard InChI is InChI=1S/C15H18N3O/c19-15-12-7-3-4-8-13(12)18(17-15)14-11-6-2-1-5-10(11)9-16-14/h3-4,7-8,10-11,14H,1-2,5-6,9H2,(H,17,19). The molecule has 19 heavy (non-hydrogen) atoms. The number of benzene rings is 1. The summed E-state index contributed by atoms with van der Waals surface area (Å²) in [5.41, 5.74) is 1.000. The van der Waals surface area contributed by atoms with E-state index in [0.29, 0.717) is 5.92 Å². The molecule has 0 spiro atoms. The number of rotatable bonds is 1. The summed E-state index contributed by atoms with van der Waals surface area (Å²) in [6.45, 7) is 0.963. The lowest BCUT2D eigenvalue weighted by molar-refractivity contribution is 0.219. The van der Waals surface area contributed by atoms with Crippen molar-refractivity contribution in [3.05, 3.63) is 24.3 Å². The SMILES string of the molecule is Oc1nn(C2[N]CC3CCCCC32)c2ccccc12. The fourth-order valence-electron chi connectivity index (χ4n) is 3.77. The number of fused-ring (bicyclic) bond motifs is 2. The van der Waals surface area contributed by atoms with Crippen LogP contribution in [0.3, 0.4) is 0 Å². The van der Waals surface area contributed by atoms with Crippen molar-refractivity contribution in [2.75, 3.05) is 6.54 Å². The van der Waals surface area contributed by atoms with Gasteiger partial charge in [0.1, 0.15) is 6.17 Å². The second-order valence-electron chi connectivity index (χ2n) is 5.77. The summed E-state index contributed by atoms with van der Waals surface area (Å²) in [7, 11) is 0. The third kappa shape index (κ3) is 1.66. The van der Waals surface area contributed by atoms with Crippen molar-refractivity contribution in [2.45, 2.75) is 31.8 Å². The smallest absolute Gasteiger partial charge is 0.238 e. The van der Waals surface area contributed by atoms with Crippen LogP contribution < -0.4 is 5.32 Å². The van der Waals surface area contributed by atoms with Crippen molar-refractivity contribution in [3.63, 3.8) is 0 Å². The Morgan fingerprint density at radius 1 is 1.16 bits per heavy atom. The second kappa shape index (κ2) is 4.23. The first-order chi connectivity index (χ1) is 9.34. The first-order valence-electron chi connectivity index (χ1n) is 7.17. The van der Waals surface area contributed by atoms with Gasteiger partial charge in [0.15, 0.2) is 0 Å². The van der Waals surface area contributed by atoms with Crippen molar-refractivity contribution in [2.24, 2.45) is 11.8 Å². The molecule has 2 fully saturated rings. The maximum atomic E-state index is 9.97. The molecule has 2 heterocycles. The maximum absolute atomic E-state index is 9.97. The molecular formula is C15H18N3O. The lowest BCUT2D eigenvalue weighted by Gasteiger charge is -2.28. The predicted molar refractivity (Wildman–Crippen MR) is 72.9 cm³/mol. The zero-order valence-corrected chi connectivity index (χ0v) is 10.9. The maximum Gasteiger partial charge on any atom is 0.238 e. The Labute approximate surface area is 112 Å². The zero-order chi connectivity index (χ0) is 12.8. The molecule has 2 aromatic rings. The van der Waals surface area contributed by atoms with E-state index in [1.54, 1.807) is 0 Å². The summed E-state index contributed by atoms with van der Waals surface area (Å²) in [6, 6.07) is 7.87. The third-order valence-corrected chi connectivity index (χ3v) is 4.72. The van der Waals surface area contributed by atoms with Crippen molar-refractivity contribution in [1.82, 2.24) is 15.1 Å². The van der Waals surface area contributed by atoms with Crippen molar-refractivity contribution in [1.29, 1.82) is 0 Å². The topological polar surface area (TPSA) is 52.2 Å². The average Bonchev–Trinajstić information content (AvgIpc) is 3.01. The van der Waals surface area contributed by atoms with Crippen LogP contribution in [0, 0.1) is 11.8 Å². The van der Waals surface area contributed by atoms with Gasteiger partial charge in [-0.05, 0) is 30.9 Å². The van der Waals surface area contributed by atoms with Crippen LogP contribution in [0.25, 0.3) is 10.9 Å². The Bertz CT molecular complexity index is 606. The molecule has 1 N–H and O–H groups in total. The highest BCUT2D eigenvalue weighted by Gasteiger charge is 2.40. The van der Waals surface area contributed by atoms with Crippen LogP contribution >= 0.6 is 0 Å². The van der Waals surface area contributed by atoms with E-state index in [1.807, 2.05) is 28.9 Å². The molecule has 1 aliphatic carbocycles. The normalized spacial score (nSPS) is 30.6. The average molecular weight is 256 g/mol. The summed E-state index contributed by atoms with van der Waals surface area (Å²) >= 11 is 0. The molecule has 4 nitrogen and oxygen atoms in total. The lowest BCUT2D eigenvalue weighted by atomic mass is 9.80. The third-order valence-electron chi connectivity index (χ3n) is 4.72. The quantitative estimate of drug-likeness (QED) is 0.852. The number of aromatic nitrogens is 2. The second-order valence-corrected chi connectivity index (χ2v) is 5.77. The molecule has 1 radical (unpaired) electrons. The Kier molecular flexibility index (Phi) is 2.52. The van der Waals surface area contributed by atoms with Gasteiger partial charge < -0.3 is 5.11 Å². The van der Waals surface area contributed by atoms with Gasteiger partial charge in [0, 0.05) is 12.5 Å². The van der Waals surface area contributed by atoms with Crippen molar-refractivity contribution in [3.8, 4) is 5.88 Å². The van der Waals surface area contributed by atoms with E-state index in [0.717, 1.165) is 23.4 Å². The van der Waals surface area contributed by atoms with Crippen LogP contribution in [0.4, 0.5) is 0 Å². The van der Waals surface area contributed by atoms with E-state index in [2.05, 4.69) is 5.10 Å². The number of hydrogen-bond acceptors (Lipinski definition) is 2. The number of nitrogens with zero attached hydrogens (tertiary/aromatic N) is 3. The van der Waals surface area contributed by atoms with Gasteiger partial charge in [0.05, 0.1) is 10.9 Å². The Balaban J connectivity index is 1.78. The van der Waals surface area contributed by atoms with E-state index < -0.39 is 0 Å². The molecule has 4 heteroatoms. The highest BCUT2D eigenvalue weighted by atomic mass is 16.3. The van der Waals surface area contributed by atoms with Gasteiger partial charge in [0.2, 0.25) is 5.88 Å². The van der Waals surface area contributed by atoms with Crippen LogP contribution in [0.15, 0.2) is 24.3 Å². The molecule has 1 aliphatic heterocycles. The van der Waals surface area contributed by atoms with Gasteiger partial charge in [0.25, 0.3) is 0 Å². The van der Waals surface area contributed by atoms with Gasteiger partial charge in [-0.3, -0.25) is 0 Å². The zero-order valence-electron chi connectivity index (χ0n) is 10.9. The number of hydrogen-bond donors (Lipinski definition) is 1. The number of aromatic hydroxyl groups is 1. The summed E-state index contributed by atoms with van der Waals surface area (Å²) in [6.07, 6.45) is 5.31. The summed E-state index contributed by atoms with van der Waals surface area (Å²) in [4.78, 5) is 0. The predicted octanol–water partition coefficient (Wildman–Crippen LogP) is 2.66. The van der Waals surface area contributed by atoms with E-state index in [9.17, 15) is 5.11 Å². The minimum atomic E-state index is 0.121. The fourth-order valence-corrected chi connectivity index (χ4v) is 3.77. The van der Waals surface area contributed by atoms with Crippen LogP contribution in [0.2, 0.25) is 0 Å². The highest BCUT2D eigenvalue weighted by Crippen LogP contribution is 2.42. The van der Waals surface area contributed by atoms with Gasteiger partial charge in [-0.1, -0.05) is 25.0 Å². The van der Waals surface area contributed by atoms with Crippen LogP contribution in [0.5, 0.6) is 5.88 Å². The summed E-state index contributed by atoms with van der Waals surface area (Å²) < 4.78 is 1.95. The molecule has 99 valence electrons. The van der Waals surface area contributed by atoms with E-state index in [4.69, 9.17) is 5.32 Å². The van der Waals surface area contributed by atoms with E-state index in [1.165, 1.54) is 25.7 Å². The molecule has 4 rings (SSSR count). The first-order valence-corrected chi connectivity index (χ1v) is 7.17. The van der Waals surface area contributed by atoms with E-state index >= 15 is 0 Å². The Hall–Kier alpha value is -1.55. The molecule has 1 saturated heterocycles. The van der Waals surface area contributed by atoms with Gasteiger partial charge in [-0.25, -0.2) is 10.00 Å². The Morgan fingerprint density at radius 2 is 2.00 bits per heavy atom. The van der Waals surface area contributed by atoms with Gasteiger partial charge >= 0.3 is 0 Å². The molecule has 0 bridgehead atoms. The molecule has 1 aromatic carbocycles. The van der Waals surface area contributed by atoms with Crippen LogP contribution in [-0.2, 0) is 0 Å². The summed E-state index contributed by atoms with van der Waals surface area (Å²) in [5.74, 6) is 1.46. The molecule has 2 aliphatic rings. The molecule has 1 aromatic heterocycles. The fraction of sp³-hybridized carbons (Fsp3) is 0.533. The number of para-hydroxylation sites is 1. The molecule has 3 atom stereocenters. The Morgan fingerprint density at radius 3 is 2.95 bits per heavy atom. The van der Waals surface area contributed by atoms with Crippen LogP contribution in [0.1, 0.15) is 31.8 Å². The lowest BCUT2D eigenvalue weighted by Crippen LogP contribution is -2.24. The molecule has 3 unspecified atom stereocenters. The van der Waals surface area contributed by atoms with Crippen molar-refractivity contribution < 1.29 is 5.11 Å². The molecule has 0 amide bonds.